The number of alkyl halides is 4. The summed E-state index contributed by atoms with van der Waals surface area (Å²) in [6.07, 6.45) is -9.55. The van der Waals surface area contributed by atoms with Gasteiger partial charge in [0.05, 0.1) is 0 Å². The second kappa shape index (κ2) is 10.7. The maximum absolute atomic E-state index is 11.7. The van der Waals surface area contributed by atoms with E-state index in [1.54, 1.807) is 5.32 Å². The van der Waals surface area contributed by atoms with E-state index in [0.717, 1.165) is 0 Å². The van der Waals surface area contributed by atoms with Crippen molar-refractivity contribution in [1.29, 1.82) is 0 Å². The Hall–Kier alpha value is -0.410. The lowest BCUT2D eigenvalue weighted by molar-refractivity contribution is -0.159. The number of thiol groups is 1. The number of rotatable bonds is 1. The molecule has 0 spiro atoms. The molecule has 0 saturated carbocycles. The lowest BCUT2D eigenvalue weighted by Gasteiger charge is -2.13. The van der Waals surface area contributed by atoms with E-state index in [9.17, 15) is 17.6 Å². The van der Waals surface area contributed by atoms with E-state index in [1.165, 1.54) is 0 Å². The van der Waals surface area contributed by atoms with Crippen LogP contribution in [0, 0.1) is 0 Å². The predicted molar refractivity (Wildman–Crippen MR) is 78.6 cm³/mol. The molecule has 0 bridgehead atoms. The van der Waals surface area contributed by atoms with Gasteiger partial charge in [-0.1, -0.05) is 0 Å². The number of aliphatic hydroxyl groups excluding tert-OH is 3. The molecule has 0 aromatic heterocycles. The Kier molecular flexibility index (Phi) is 9.66. The monoisotopic (exact) mass is 399 g/mol. The number of hydrogen-bond donors (Lipinski definition) is 13. The maximum Gasteiger partial charge on any atom is 0.418 e. The highest BCUT2D eigenvalue weighted by Gasteiger charge is 2.43. The van der Waals surface area contributed by atoms with Crippen molar-refractivity contribution in [1.82, 2.24) is 48.5 Å². The second-order valence-electron chi connectivity index (χ2n) is 4.66. The van der Waals surface area contributed by atoms with Crippen molar-refractivity contribution < 1.29 is 32.9 Å². The smallest absolute Gasteiger partial charge is 0.364 e. The fourth-order valence-corrected chi connectivity index (χ4v) is 1.76. The summed E-state index contributed by atoms with van der Waals surface area (Å²) in [6.45, 7) is -0.427. The molecule has 3 heterocycles. The third-order valence-corrected chi connectivity index (χ3v) is 2.87. The van der Waals surface area contributed by atoms with Gasteiger partial charge in [0.1, 0.15) is 18.3 Å². The van der Waals surface area contributed by atoms with Crippen molar-refractivity contribution in [2.45, 2.75) is 43.1 Å². The van der Waals surface area contributed by atoms with E-state index in [2.05, 4.69) is 45.0 Å². The Labute approximate surface area is 144 Å². The summed E-state index contributed by atoms with van der Waals surface area (Å²) >= 11 is 3.95. The Morgan fingerprint density at radius 1 is 0.760 bits per heavy atom. The first-order chi connectivity index (χ1) is 11.6. The molecule has 6 atom stereocenters. The van der Waals surface area contributed by atoms with Crippen LogP contribution in [0.3, 0.4) is 0 Å². The van der Waals surface area contributed by atoms with Crippen molar-refractivity contribution in [3.8, 4) is 0 Å². The van der Waals surface area contributed by atoms with Crippen LogP contribution in [-0.4, -0.2) is 65.1 Å². The van der Waals surface area contributed by atoms with Crippen molar-refractivity contribution >= 4 is 12.6 Å². The Morgan fingerprint density at radius 2 is 1.28 bits per heavy atom. The average molecular weight is 399 g/mol. The van der Waals surface area contributed by atoms with Crippen LogP contribution in [0.15, 0.2) is 0 Å². The van der Waals surface area contributed by atoms with Gasteiger partial charge in [0, 0.05) is 0 Å². The highest BCUT2D eigenvalue weighted by molar-refractivity contribution is 7.80. The highest BCUT2D eigenvalue weighted by atomic mass is 32.1. The van der Waals surface area contributed by atoms with E-state index in [4.69, 9.17) is 15.3 Å². The molecular formula is C8H21F4N9O3S. The van der Waals surface area contributed by atoms with Gasteiger partial charge in [-0.05, 0) is 0 Å². The van der Waals surface area contributed by atoms with Crippen molar-refractivity contribution in [2.24, 2.45) is 0 Å². The van der Waals surface area contributed by atoms with Gasteiger partial charge in [-0.2, -0.15) is 13.2 Å². The summed E-state index contributed by atoms with van der Waals surface area (Å²) in [5.41, 5.74) is 13.6. The molecule has 3 rings (SSSR count). The van der Waals surface area contributed by atoms with Gasteiger partial charge in [0.2, 0.25) is 0 Å². The summed E-state index contributed by atoms with van der Waals surface area (Å²) in [5, 5.41) is 32.3. The normalized spacial score (nSPS) is 37.9. The van der Waals surface area contributed by atoms with Gasteiger partial charge in [-0.25, -0.2) is 42.3 Å². The standard InChI is InChI=1S/C3H6F3N3O.C3H8FN3S.C2H7N3O2/c4-3(5,6)1-7-2(10)9-8-1;4-1-2-5-3(8)7-6-2;6-1-3-2(7)5-4-1/h1-2,7-10H;2-3,5-8H,1H2;1-7H. The molecule has 3 saturated heterocycles. The molecule has 3 aliphatic heterocycles. The summed E-state index contributed by atoms with van der Waals surface area (Å²) < 4.78 is 46.6. The van der Waals surface area contributed by atoms with Gasteiger partial charge < -0.3 is 15.3 Å². The summed E-state index contributed by atoms with van der Waals surface area (Å²) in [7, 11) is 0. The zero-order valence-electron chi connectivity index (χ0n) is 12.5. The third kappa shape index (κ3) is 9.19. The SMILES string of the molecule is FCC1NNC(S)N1.OC1NNC(C(F)(F)F)N1.OC1NNC(O)N1. The quantitative estimate of drug-likeness (QED) is 0.150. The minimum atomic E-state index is -4.38. The zero-order valence-corrected chi connectivity index (χ0v) is 13.4. The molecule has 12 N–H and O–H groups in total. The first kappa shape index (κ1) is 22.6. The van der Waals surface area contributed by atoms with Crippen LogP contribution in [-0.2, 0) is 0 Å². The fourth-order valence-electron chi connectivity index (χ4n) is 1.51. The van der Waals surface area contributed by atoms with Crippen LogP contribution in [0.5, 0.6) is 0 Å². The van der Waals surface area contributed by atoms with Crippen LogP contribution < -0.4 is 48.5 Å². The first-order valence-electron chi connectivity index (χ1n) is 6.78. The average Bonchev–Trinajstić information content (AvgIpc) is 3.22. The minimum Gasteiger partial charge on any atom is -0.364 e. The minimum absolute atomic E-state index is 0.129. The molecule has 0 aromatic rings. The molecule has 3 aliphatic rings. The summed E-state index contributed by atoms with van der Waals surface area (Å²) in [5.74, 6) is 0. The fraction of sp³-hybridized carbons (Fsp3) is 1.00. The van der Waals surface area contributed by atoms with Crippen LogP contribution >= 0.6 is 12.6 Å². The van der Waals surface area contributed by atoms with Crippen LogP contribution in [0.25, 0.3) is 0 Å². The van der Waals surface area contributed by atoms with E-state index in [0.29, 0.717) is 0 Å². The lowest BCUT2D eigenvalue weighted by Crippen LogP contribution is -2.46. The zero-order chi connectivity index (χ0) is 19.0. The Morgan fingerprint density at radius 3 is 1.48 bits per heavy atom. The predicted octanol–water partition coefficient (Wildman–Crippen LogP) is -4.72. The van der Waals surface area contributed by atoms with E-state index < -0.39 is 38.1 Å². The van der Waals surface area contributed by atoms with Crippen molar-refractivity contribution in [2.75, 3.05) is 6.67 Å². The third-order valence-electron chi connectivity index (χ3n) is 2.60. The molecule has 17 heteroatoms. The van der Waals surface area contributed by atoms with Gasteiger partial charge in [-0.15, -0.1) is 12.6 Å². The number of aliphatic hydroxyl groups is 3. The van der Waals surface area contributed by atoms with E-state index in [1.807, 2.05) is 10.9 Å². The van der Waals surface area contributed by atoms with Crippen molar-refractivity contribution in [3.63, 3.8) is 0 Å². The number of halogens is 4. The topological polar surface area (TPSA) is 169 Å². The van der Waals surface area contributed by atoms with E-state index in [-0.39, 0.29) is 11.7 Å². The lowest BCUT2D eigenvalue weighted by atomic mass is 10.5. The molecule has 3 fully saturated rings. The largest absolute Gasteiger partial charge is 0.418 e. The molecule has 0 radical (unpaired) electrons. The Bertz CT molecular complexity index is 379. The van der Waals surface area contributed by atoms with Gasteiger partial charge >= 0.3 is 6.18 Å². The molecule has 6 unspecified atom stereocenters. The molecule has 12 nitrogen and oxygen atoms in total. The highest BCUT2D eigenvalue weighted by Crippen LogP contribution is 2.19. The second-order valence-corrected chi connectivity index (χ2v) is 5.17. The van der Waals surface area contributed by atoms with Crippen LogP contribution in [0.4, 0.5) is 17.6 Å². The summed E-state index contributed by atoms with van der Waals surface area (Å²) in [4.78, 5) is 0. The van der Waals surface area contributed by atoms with Gasteiger partial charge in [0.25, 0.3) is 0 Å². The Balaban J connectivity index is 0.000000191. The molecule has 25 heavy (non-hydrogen) atoms. The molecular weight excluding hydrogens is 378 g/mol. The van der Waals surface area contributed by atoms with Gasteiger partial charge in [-0.3, -0.25) is 10.6 Å². The van der Waals surface area contributed by atoms with Crippen LogP contribution in [0.1, 0.15) is 0 Å². The molecule has 0 aromatic carbocycles. The summed E-state index contributed by atoms with van der Waals surface area (Å²) in [6, 6.07) is 0. The number of hydrazine groups is 3. The molecule has 0 aliphatic carbocycles. The molecule has 0 amide bonds. The molecule has 150 valence electrons. The van der Waals surface area contributed by atoms with Crippen LogP contribution in [0.2, 0.25) is 0 Å². The number of hydrogen-bond acceptors (Lipinski definition) is 13. The van der Waals surface area contributed by atoms with Gasteiger partial charge in [0.15, 0.2) is 25.2 Å². The number of nitrogens with one attached hydrogen (secondary N) is 9. The maximum atomic E-state index is 11.7. The first-order valence-corrected chi connectivity index (χ1v) is 7.29. The van der Waals surface area contributed by atoms with Crippen molar-refractivity contribution in [3.05, 3.63) is 0 Å². The van der Waals surface area contributed by atoms with E-state index >= 15 is 0 Å².